The van der Waals surface area contributed by atoms with Gasteiger partial charge in [-0.3, -0.25) is 5.32 Å². The van der Waals surface area contributed by atoms with Gasteiger partial charge < -0.3 is 0 Å². The maximum absolute atomic E-state index is 4.44. The second-order valence-corrected chi connectivity index (χ2v) is 8.54. The summed E-state index contributed by atoms with van der Waals surface area (Å²) in [5, 5.41) is 13.2. The number of piperidine rings is 1. The van der Waals surface area contributed by atoms with E-state index in [4.69, 9.17) is 0 Å². The molecule has 1 saturated heterocycles. The van der Waals surface area contributed by atoms with Gasteiger partial charge in [0.25, 0.3) is 0 Å². The van der Waals surface area contributed by atoms with Crippen molar-refractivity contribution >= 4 is 22.8 Å². The standard InChI is InChI=1S/C18H26N4S/c1-13-9-10-19-18(11-13)22-17-8-7-15(12-16(17)20-21-22)23-14-5-3-2-4-6-14/h7-8,12-14,18-19H,2-6,9-11H2,1H3. The van der Waals surface area contributed by atoms with Crippen molar-refractivity contribution in [3.63, 3.8) is 0 Å². The maximum Gasteiger partial charge on any atom is 0.114 e. The van der Waals surface area contributed by atoms with E-state index < -0.39 is 0 Å². The topological polar surface area (TPSA) is 42.7 Å². The van der Waals surface area contributed by atoms with Gasteiger partial charge in [0.1, 0.15) is 11.7 Å². The largest absolute Gasteiger partial charge is 0.296 e. The highest BCUT2D eigenvalue weighted by molar-refractivity contribution is 8.00. The summed E-state index contributed by atoms with van der Waals surface area (Å²) < 4.78 is 2.08. The summed E-state index contributed by atoms with van der Waals surface area (Å²) >= 11 is 2.03. The molecule has 5 heteroatoms. The maximum atomic E-state index is 4.44. The quantitative estimate of drug-likeness (QED) is 0.907. The van der Waals surface area contributed by atoms with Crippen molar-refractivity contribution in [1.82, 2.24) is 20.3 Å². The first kappa shape index (κ1) is 15.5. The molecule has 2 aliphatic rings. The van der Waals surface area contributed by atoms with E-state index in [1.165, 1.54) is 43.4 Å². The molecule has 1 N–H and O–H groups in total. The molecule has 0 amide bonds. The first-order chi connectivity index (χ1) is 11.3. The highest BCUT2D eigenvalue weighted by atomic mass is 32.2. The number of hydrogen-bond acceptors (Lipinski definition) is 4. The third-order valence-electron chi connectivity index (χ3n) is 5.24. The first-order valence-corrected chi connectivity index (χ1v) is 9.92. The van der Waals surface area contributed by atoms with Crippen LogP contribution in [0.1, 0.15) is 58.0 Å². The molecule has 1 saturated carbocycles. The molecule has 0 bridgehead atoms. The summed E-state index contributed by atoms with van der Waals surface area (Å²) in [6, 6.07) is 6.69. The Hall–Kier alpha value is -1.07. The number of nitrogens with one attached hydrogen (secondary N) is 1. The summed E-state index contributed by atoms with van der Waals surface area (Å²) in [5.41, 5.74) is 2.19. The lowest BCUT2D eigenvalue weighted by molar-refractivity contribution is 0.245. The van der Waals surface area contributed by atoms with Gasteiger partial charge in [0, 0.05) is 10.1 Å². The van der Waals surface area contributed by atoms with Gasteiger partial charge in [-0.25, -0.2) is 4.68 Å². The molecule has 2 atom stereocenters. The van der Waals surface area contributed by atoms with E-state index in [1.807, 2.05) is 11.8 Å². The average molecular weight is 331 g/mol. The van der Waals surface area contributed by atoms with Gasteiger partial charge in [-0.2, -0.15) is 0 Å². The predicted octanol–water partition coefficient (Wildman–Crippen LogP) is 4.37. The van der Waals surface area contributed by atoms with Gasteiger partial charge in [-0.05, 0) is 56.3 Å². The van der Waals surface area contributed by atoms with Gasteiger partial charge in [0.2, 0.25) is 0 Å². The third-order valence-corrected chi connectivity index (χ3v) is 6.57. The fraction of sp³-hybridized carbons (Fsp3) is 0.667. The minimum Gasteiger partial charge on any atom is -0.296 e. The molecule has 4 rings (SSSR count). The van der Waals surface area contributed by atoms with Crippen molar-refractivity contribution in [1.29, 1.82) is 0 Å². The van der Waals surface area contributed by atoms with Crippen LogP contribution in [0.2, 0.25) is 0 Å². The molecule has 1 aromatic carbocycles. The Morgan fingerprint density at radius 2 is 2.04 bits per heavy atom. The smallest absolute Gasteiger partial charge is 0.114 e. The minimum absolute atomic E-state index is 0.292. The van der Waals surface area contributed by atoms with Crippen molar-refractivity contribution in [2.45, 2.75) is 68.2 Å². The highest BCUT2D eigenvalue weighted by Gasteiger charge is 2.22. The molecule has 0 radical (unpaired) electrons. The molecule has 0 spiro atoms. The lowest BCUT2D eigenvalue weighted by Gasteiger charge is -2.28. The van der Waals surface area contributed by atoms with Gasteiger partial charge >= 0.3 is 0 Å². The Labute approximate surface area is 142 Å². The SMILES string of the molecule is CC1CCNC(n2nnc3cc(SC4CCCCC4)ccc32)C1. The molecule has 2 fully saturated rings. The van der Waals surface area contributed by atoms with Crippen LogP contribution < -0.4 is 5.32 Å². The van der Waals surface area contributed by atoms with E-state index in [9.17, 15) is 0 Å². The van der Waals surface area contributed by atoms with E-state index in [-0.39, 0.29) is 0 Å². The fourth-order valence-electron chi connectivity index (χ4n) is 3.87. The molecule has 23 heavy (non-hydrogen) atoms. The highest BCUT2D eigenvalue weighted by Crippen LogP contribution is 2.35. The molecule has 1 aliphatic carbocycles. The lowest BCUT2D eigenvalue weighted by Crippen LogP contribution is -2.35. The summed E-state index contributed by atoms with van der Waals surface area (Å²) in [7, 11) is 0. The van der Waals surface area contributed by atoms with Crippen molar-refractivity contribution in [3.05, 3.63) is 18.2 Å². The monoisotopic (exact) mass is 330 g/mol. The van der Waals surface area contributed by atoms with Crippen LogP contribution in [0.25, 0.3) is 11.0 Å². The number of benzene rings is 1. The van der Waals surface area contributed by atoms with E-state index in [0.29, 0.717) is 6.17 Å². The second-order valence-electron chi connectivity index (χ2n) is 7.16. The molecule has 2 heterocycles. The van der Waals surface area contributed by atoms with E-state index >= 15 is 0 Å². The van der Waals surface area contributed by atoms with Gasteiger partial charge in [0.05, 0.1) is 5.52 Å². The third kappa shape index (κ3) is 3.41. The van der Waals surface area contributed by atoms with Crippen molar-refractivity contribution < 1.29 is 0 Å². The normalized spacial score (nSPS) is 26.7. The average Bonchev–Trinajstić information content (AvgIpc) is 2.99. The van der Waals surface area contributed by atoms with Crippen LogP contribution in [-0.4, -0.2) is 26.8 Å². The Bertz CT molecular complexity index is 662. The van der Waals surface area contributed by atoms with Gasteiger partial charge in [-0.15, -0.1) is 16.9 Å². The molecular weight excluding hydrogens is 304 g/mol. The van der Waals surface area contributed by atoms with Crippen LogP contribution >= 0.6 is 11.8 Å². The number of fused-ring (bicyclic) bond motifs is 1. The molecule has 4 nitrogen and oxygen atoms in total. The Balaban J connectivity index is 1.53. The summed E-state index contributed by atoms with van der Waals surface area (Å²) in [6.07, 6.45) is 9.60. The van der Waals surface area contributed by atoms with Crippen molar-refractivity contribution in [3.8, 4) is 0 Å². The minimum atomic E-state index is 0.292. The predicted molar refractivity (Wildman–Crippen MR) is 95.7 cm³/mol. The van der Waals surface area contributed by atoms with Crippen LogP contribution in [0.15, 0.2) is 23.1 Å². The van der Waals surface area contributed by atoms with Crippen LogP contribution in [0.5, 0.6) is 0 Å². The molecule has 1 aromatic heterocycles. The molecule has 2 aromatic rings. The Morgan fingerprint density at radius 3 is 2.87 bits per heavy atom. The first-order valence-electron chi connectivity index (χ1n) is 9.04. The van der Waals surface area contributed by atoms with E-state index in [2.05, 4.69) is 45.4 Å². The van der Waals surface area contributed by atoms with E-state index in [1.54, 1.807) is 0 Å². The van der Waals surface area contributed by atoms with Crippen LogP contribution in [0, 0.1) is 5.92 Å². The van der Waals surface area contributed by atoms with Gasteiger partial charge in [-0.1, -0.05) is 31.4 Å². The van der Waals surface area contributed by atoms with E-state index in [0.717, 1.165) is 35.2 Å². The zero-order chi connectivity index (χ0) is 15.6. The molecular formula is C18H26N4S. The zero-order valence-corrected chi connectivity index (χ0v) is 14.7. The number of hydrogen-bond donors (Lipinski definition) is 1. The van der Waals surface area contributed by atoms with Gasteiger partial charge in [0.15, 0.2) is 0 Å². The fourth-order valence-corrected chi connectivity index (χ4v) is 5.15. The van der Waals surface area contributed by atoms with Crippen LogP contribution in [-0.2, 0) is 0 Å². The van der Waals surface area contributed by atoms with Crippen LogP contribution in [0.3, 0.4) is 0 Å². The van der Waals surface area contributed by atoms with Crippen LogP contribution in [0.4, 0.5) is 0 Å². The molecule has 1 aliphatic heterocycles. The number of thioether (sulfide) groups is 1. The second kappa shape index (κ2) is 6.81. The Kier molecular flexibility index (Phi) is 4.58. The zero-order valence-electron chi connectivity index (χ0n) is 13.9. The molecule has 2 unspecified atom stereocenters. The van der Waals surface area contributed by atoms with Crippen molar-refractivity contribution in [2.24, 2.45) is 5.92 Å². The number of rotatable bonds is 3. The molecule has 124 valence electrons. The lowest BCUT2D eigenvalue weighted by atomic mass is 9.98. The van der Waals surface area contributed by atoms with Crippen molar-refractivity contribution in [2.75, 3.05) is 6.54 Å². The number of aromatic nitrogens is 3. The summed E-state index contributed by atoms with van der Waals surface area (Å²) in [5.74, 6) is 0.752. The summed E-state index contributed by atoms with van der Waals surface area (Å²) in [6.45, 7) is 3.40. The Morgan fingerprint density at radius 1 is 1.17 bits per heavy atom. The number of nitrogens with zero attached hydrogens (tertiary/aromatic N) is 3. The summed E-state index contributed by atoms with van der Waals surface area (Å²) in [4.78, 5) is 1.35.